The van der Waals surface area contributed by atoms with Crippen LogP contribution in [0.25, 0.3) is 10.4 Å². The van der Waals surface area contributed by atoms with Crippen molar-refractivity contribution in [2.24, 2.45) is 11.0 Å². The summed E-state index contributed by atoms with van der Waals surface area (Å²) in [7, 11) is -3.06. The average molecular weight is 1270 g/mol. The van der Waals surface area contributed by atoms with Crippen molar-refractivity contribution in [3.63, 3.8) is 0 Å². The molecule has 2 aromatic carbocycles. The Morgan fingerprint density at radius 1 is 0.551 bits per heavy atom. The lowest BCUT2D eigenvalue weighted by Gasteiger charge is -2.52. The Labute approximate surface area is 519 Å². The van der Waals surface area contributed by atoms with Crippen molar-refractivity contribution in [3.8, 4) is 0 Å². The lowest BCUT2D eigenvalue weighted by Crippen LogP contribution is -2.69. The van der Waals surface area contributed by atoms with E-state index in [2.05, 4.69) is 37.7 Å². The zero-order valence-electron chi connectivity index (χ0n) is 53.4. The normalized spacial score (nSPS) is 33.6. The van der Waals surface area contributed by atoms with Crippen LogP contribution in [0.15, 0.2) is 65.8 Å². The predicted molar refractivity (Wildman–Crippen MR) is 310 cm³/mol. The third-order valence-electron chi connectivity index (χ3n) is 16.6. The molecule has 0 saturated carbocycles. The van der Waals surface area contributed by atoms with Crippen molar-refractivity contribution in [1.29, 1.82) is 0 Å². The number of azide groups is 1. The van der Waals surface area contributed by atoms with Gasteiger partial charge in [-0.25, -0.2) is 0 Å². The van der Waals surface area contributed by atoms with Crippen molar-refractivity contribution in [2.45, 2.75) is 257 Å². The molecule has 0 aliphatic carbocycles. The molecule has 5 aliphatic heterocycles. The molecule has 0 N–H and O–H groups in total. The van der Waals surface area contributed by atoms with Crippen LogP contribution in [0.1, 0.15) is 108 Å². The molecule has 0 radical (unpaired) electrons. The number of benzene rings is 2. The number of carbonyl (C=O) groups is 6. The van der Waals surface area contributed by atoms with Gasteiger partial charge in [0, 0.05) is 46.5 Å². The maximum Gasteiger partial charge on any atom is 0.303 e. The maximum absolute atomic E-state index is 13.1. The molecule has 494 valence electrons. The van der Waals surface area contributed by atoms with Crippen molar-refractivity contribution < 1.29 is 114 Å². The summed E-state index contributed by atoms with van der Waals surface area (Å²) >= 11 is 0. The quantitative estimate of drug-likeness (QED) is 0.0242. The molecular formula is C61H87N3O24Si. The summed E-state index contributed by atoms with van der Waals surface area (Å²) in [5.74, 6) is -5.67. The van der Waals surface area contributed by atoms with Crippen molar-refractivity contribution in [3.05, 3.63) is 82.2 Å². The highest BCUT2D eigenvalue weighted by atomic mass is 28.4. The Balaban J connectivity index is 1.43. The minimum absolute atomic E-state index is 0.0494. The van der Waals surface area contributed by atoms with Gasteiger partial charge in [-0.3, -0.25) is 28.8 Å². The number of carbonyl (C=O) groups excluding carboxylic acids is 6. The molecule has 20 atom stereocenters. The minimum atomic E-state index is -3.06. The summed E-state index contributed by atoms with van der Waals surface area (Å²) in [5, 5.41) is 3.85. The van der Waals surface area contributed by atoms with E-state index in [9.17, 15) is 34.3 Å². The number of rotatable bonds is 25. The molecular weight excluding hydrogens is 1190 g/mol. The third-order valence-corrected chi connectivity index (χ3v) is 21.1. The molecule has 0 unspecified atom stereocenters. The van der Waals surface area contributed by atoms with E-state index < -0.39 is 191 Å². The third kappa shape index (κ3) is 18.1. The van der Waals surface area contributed by atoms with Crippen molar-refractivity contribution >= 4 is 44.1 Å². The second kappa shape index (κ2) is 30.6. The molecule has 7 rings (SSSR count). The molecule has 5 heterocycles. The number of nitrogens with zero attached hydrogens (tertiary/aromatic N) is 3. The van der Waals surface area contributed by atoms with Crippen LogP contribution >= 0.6 is 0 Å². The van der Waals surface area contributed by atoms with E-state index in [1.165, 1.54) is 41.5 Å². The van der Waals surface area contributed by atoms with E-state index in [-0.39, 0.29) is 19.1 Å². The molecule has 0 aromatic heterocycles. The van der Waals surface area contributed by atoms with Gasteiger partial charge in [-0.05, 0) is 68.4 Å². The number of esters is 6. The van der Waals surface area contributed by atoms with Gasteiger partial charge >= 0.3 is 35.8 Å². The first-order chi connectivity index (χ1) is 41.9. The van der Waals surface area contributed by atoms with Crippen LogP contribution in [0.4, 0.5) is 0 Å². The lowest BCUT2D eigenvalue weighted by atomic mass is 9.94. The SMILES string of the molecule is CC(=O)OC[C@H]1O[C@@H](O[C@@H]2[C@@H](N=[N+]=[N-])[C@H](O[Si](C)(C)C(C)(C)C(C)C)O[C@H](COC(C)=O)[C@H]2O[C@@H]2O[C@@H](C)[C@@H](OC(C)=O)[C@@H](OC(C)=O)[C@@H]2OCc2ccccc2)[C@H](O[C@@H]2O[C@@H](C)[C@@H](OC(C)=O)[C@@H](OC(C)=O)[C@@H]2OCc2ccccc2)[C@H]2OC(C)(C)O[C@H]21. The number of fused-ring (bicyclic) bond motifs is 1. The number of hydrogen-bond acceptors (Lipinski definition) is 25. The summed E-state index contributed by atoms with van der Waals surface area (Å²) in [4.78, 5) is 80.6. The van der Waals surface area contributed by atoms with Gasteiger partial charge < -0.3 is 85.0 Å². The van der Waals surface area contributed by atoms with Crippen LogP contribution in [-0.4, -0.2) is 186 Å². The van der Waals surface area contributed by atoms with Gasteiger partial charge in [0.05, 0.1) is 25.4 Å². The van der Waals surface area contributed by atoms with Crippen molar-refractivity contribution in [2.75, 3.05) is 13.2 Å². The predicted octanol–water partition coefficient (Wildman–Crippen LogP) is 6.96. The fraction of sp³-hybridized carbons (Fsp3) is 0.705. The van der Waals surface area contributed by atoms with E-state index in [1.807, 2.05) is 37.4 Å². The van der Waals surface area contributed by atoms with Crippen LogP contribution in [0.2, 0.25) is 18.1 Å². The fourth-order valence-electron chi connectivity index (χ4n) is 11.3. The monoisotopic (exact) mass is 1270 g/mol. The minimum Gasteiger partial charge on any atom is -0.463 e. The van der Waals surface area contributed by atoms with Gasteiger partial charge in [-0.2, -0.15) is 0 Å². The summed E-state index contributed by atoms with van der Waals surface area (Å²) in [6.45, 7) is 24.6. The van der Waals surface area contributed by atoms with E-state index in [1.54, 1.807) is 64.1 Å². The highest BCUT2D eigenvalue weighted by Gasteiger charge is 2.62. The highest BCUT2D eigenvalue weighted by molar-refractivity contribution is 6.74. The Morgan fingerprint density at radius 2 is 0.955 bits per heavy atom. The molecule has 89 heavy (non-hydrogen) atoms. The van der Waals surface area contributed by atoms with Crippen LogP contribution in [0, 0.1) is 5.92 Å². The molecule has 28 heteroatoms. The Hall–Kier alpha value is -5.69. The lowest BCUT2D eigenvalue weighted by molar-refractivity contribution is -0.386. The van der Waals surface area contributed by atoms with E-state index in [0.717, 1.165) is 0 Å². The molecule has 0 bridgehead atoms. The van der Waals surface area contributed by atoms with Crippen LogP contribution < -0.4 is 0 Å². The van der Waals surface area contributed by atoms with Gasteiger partial charge in [0.15, 0.2) is 63.7 Å². The Morgan fingerprint density at radius 3 is 1.39 bits per heavy atom. The smallest absolute Gasteiger partial charge is 0.303 e. The van der Waals surface area contributed by atoms with Gasteiger partial charge in [0.2, 0.25) is 0 Å². The van der Waals surface area contributed by atoms with Crippen LogP contribution in [0.3, 0.4) is 0 Å². The highest BCUT2D eigenvalue weighted by Crippen LogP contribution is 2.48. The standard InChI is InChI=1S/C61H87N3O24Si/c1-31(2)60(11,12)89(15,16)88-56-44(63-64-62)49(47(42(81-56)29-71-34(5)65)83-57-53(73-27-40-23-19-17-20-24-40)50(79-38(9)69)45(32(3)75-57)77-36(7)67)84-59-55(52-48(86-61(13,14)87-52)43(82-59)30-72-35(6)66)85-58-54(74-28-41-25-21-18-22-26-41)51(80-39(10)70)46(33(4)76-58)78-37(8)68/h17-26,31-33,42-59H,27-30H2,1-16H3/t32-,33-,42+,43+,44+,45+,46+,47+,48-,49+,50+,51+,52-,53-,54-,55+,56-,57-,58-,59-/m0/s1. The van der Waals surface area contributed by atoms with Gasteiger partial charge in [-0.15, -0.1) is 0 Å². The van der Waals surface area contributed by atoms with E-state index in [4.69, 9.17) is 85.0 Å². The largest absolute Gasteiger partial charge is 0.463 e. The van der Waals surface area contributed by atoms with Gasteiger partial charge in [-0.1, -0.05) is 93.5 Å². The average Bonchev–Trinajstić information content (AvgIpc) is 2.02. The molecule has 0 spiro atoms. The second-order valence-corrected chi connectivity index (χ2v) is 29.0. The molecule has 5 saturated heterocycles. The first-order valence-corrected chi connectivity index (χ1v) is 32.7. The Kier molecular flexibility index (Phi) is 24.3. The maximum atomic E-state index is 13.1. The zero-order valence-corrected chi connectivity index (χ0v) is 54.4. The summed E-state index contributed by atoms with van der Waals surface area (Å²) in [6.07, 6.45) is -26.4. The zero-order chi connectivity index (χ0) is 65.3. The molecule has 5 aliphatic rings. The summed E-state index contributed by atoms with van der Waals surface area (Å²) in [6, 6.07) is 16.5. The summed E-state index contributed by atoms with van der Waals surface area (Å²) < 4.78 is 117. The first kappa shape index (κ1) is 70.8. The van der Waals surface area contributed by atoms with Crippen LogP contribution in [0.5, 0.6) is 0 Å². The first-order valence-electron chi connectivity index (χ1n) is 29.8. The topological polar surface area (TPSA) is 317 Å². The molecule has 2 aromatic rings. The fourth-order valence-corrected chi connectivity index (χ4v) is 13.7. The summed E-state index contributed by atoms with van der Waals surface area (Å²) in [5.41, 5.74) is 12.1. The van der Waals surface area contributed by atoms with Gasteiger partial charge in [0.1, 0.15) is 74.2 Å². The number of hydrogen-bond donors (Lipinski definition) is 0. The van der Waals surface area contributed by atoms with Crippen molar-refractivity contribution in [1.82, 2.24) is 0 Å². The Bertz CT molecular complexity index is 2770. The number of ether oxygens (including phenoxy) is 17. The van der Waals surface area contributed by atoms with E-state index in [0.29, 0.717) is 11.1 Å². The van der Waals surface area contributed by atoms with Gasteiger partial charge in [0.25, 0.3) is 0 Å². The second-order valence-electron chi connectivity index (χ2n) is 24.5. The molecule has 5 fully saturated rings. The molecule has 0 amide bonds. The van der Waals surface area contributed by atoms with Crippen LogP contribution in [-0.2, 0) is 127 Å². The molecule has 27 nitrogen and oxygen atoms in total. The van der Waals surface area contributed by atoms with E-state index >= 15 is 0 Å².